The first-order chi connectivity index (χ1) is 8.84. The zero-order valence-corrected chi connectivity index (χ0v) is 11.2. The van der Waals surface area contributed by atoms with Crippen LogP contribution in [0.4, 0.5) is 11.4 Å². The molecule has 1 aromatic heterocycles. The molecule has 0 bridgehead atoms. The Morgan fingerprint density at radius 2 is 2.17 bits per heavy atom. The molecule has 0 fully saturated rings. The molecule has 18 heavy (non-hydrogen) atoms. The molecule has 1 aliphatic rings. The van der Waals surface area contributed by atoms with Crippen molar-refractivity contribution < 1.29 is 0 Å². The van der Waals surface area contributed by atoms with E-state index in [2.05, 4.69) is 34.5 Å². The number of nitrogen functional groups attached to an aromatic ring is 1. The second-order valence-corrected chi connectivity index (χ2v) is 5.80. The van der Waals surface area contributed by atoms with Gasteiger partial charge in [0.15, 0.2) is 0 Å². The maximum absolute atomic E-state index is 6.07. The third-order valence-corrected chi connectivity index (χ3v) is 4.53. The molecule has 0 amide bonds. The lowest BCUT2D eigenvalue weighted by Crippen LogP contribution is -2.31. The van der Waals surface area contributed by atoms with Gasteiger partial charge >= 0.3 is 0 Å². The monoisotopic (exact) mass is 258 g/mol. The van der Waals surface area contributed by atoms with Crippen LogP contribution in [-0.2, 0) is 12.8 Å². The van der Waals surface area contributed by atoms with Crippen molar-refractivity contribution >= 4 is 22.7 Å². The van der Waals surface area contributed by atoms with Crippen molar-refractivity contribution in [3.63, 3.8) is 0 Å². The number of thiophene rings is 1. The molecule has 3 heteroatoms. The summed E-state index contributed by atoms with van der Waals surface area (Å²) in [6.45, 7) is 2.25. The average Bonchev–Trinajstić information content (AvgIpc) is 2.90. The van der Waals surface area contributed by atoms with E-state index in [1.807, 2.05) is 17.4 Å². The predicted octanol–water partition coefficient (Wildman–Crippen LogP) is 3.33. The van der Waals surface area contributed by atoms with Crippen LogP contribution in [0.3, 0.4) is 0 Å². The van der Waals surface area contributed by atoms with Gasteiger partial charge in [0.05, 0.1) is 0 Å². The summed E-state index contributed by atoms with van der Waals surface area (Å²) in [6, 6.07) is 10.6. The Kier molecular flexibility index (Phi) is 3.24. The fourth-order valence-corrected chi connectivity index (χ4v) is 3.36. The highest BCUT2D eigenvalue weighted by atomic mass is 32.1. The van der Waals surface area contributed by atoms with E-state index in [-0.39, 0.29) is 0 Å². The second-order valence-electron chi connectivity index (χ2n) is 4.76. The molecule has 2 N–H and O–H groups in total. The maximum Gasteiger partial charge on any atom is 0.0419 e. The van der Waals surface area contributed by atoms with Gasteiger partial charge in [-0.05, 0) is 48.4 Å². The van der Waals surface area contributed by atoms with E-state index in [1.54, 1.807) is 0 Å². The number of nitrogens with zero attached hydrogens (tertiary/aromatic N) is 1. The lowest BCUT2D eigenvalue weighted by Gasteiger charge is -2.32. The van der Waals surface area contributed by atoms with Gasteiger partial charge in [-0.3, -0.25) is 0 Å². The van der Waals surface area contributed by atoms with Crippen molar-refractivity contribution in [2.75, 3.05) is 23.7 Å². The van der Waals surface area contributed by atoms with Gasteiger partial charge in [0.2, 0.25) is 0 Å². The van der Waals surface area contributed by atoms with E-state index in [0.717, 1.165) is 31.6 Å². The van der Waals surface area contributed by atoms with Crippen molar-refractivity contribution in [3.8, 4) is 0 Å². The zero-order valence-electron chi connectivity index (χ0n) is 10.4. The maximum atomic E-state index is 6.07. The molecule has 0 saturated carbocycles. The first-order valence-corrected chi connectivity index (χ1v) is 7.37. The van der Waals surface area contributed by atoms with E-state index < -0.39 is 0 Å². The molecular formula is C15H18N2S. The Hall–Kier alpha value is -1.48. The summed E-state index contributed by atoms with van der Waals surface area (Å²) in [7, 11) is 0. The summed E-state index contributed by atoms with van der Waals surface area (Å²) in [5.41, 5.74) is 9.71. The van der Waals surface area contributed by atoms with Crippen LogP contribution in [0.25, 0.3) is 0 Å². The van der Waals surface area contributed by atoms with Crippen molar-refractivity contribution in [3.05, 3.63) is 46.2 Å². The molecular weight excluding hydrogens is 240 g/mol. The Bertz CT molecular complexity index is 519. The summed E-state index contributed by atoms with van der Waals surface area (Å²) in [5.74, 6) is 0. The molecule has 0 aliphatic carbocycles. The van der Waals surface area contributed by atoms with Crippen LogP contribution in [0.15, 0.2) is 35.7 Å². The third-order valence-electron chi connectivity index (χ3n) is 3.59. The van der Waals surface area contributed by atoms with Gasteiger partial charge in [-0.1, -0.05) is 12.1 Å². The Labute approximate surface area is 112 Å². The molecule has 2 heterocycles. The van der Waals surface area contributed by atoms with Gasteiger partial charge < -0.3 is 10.6 Å². The summed E-state index contributed by atoms with van der Waals surface area (Å²) in [6.07, 6.45) is 3.47. The number of benzene rings is 1. The zero-order chi connectivity index (χ0) is 12.4. The van der Waals surface area contributed by atoms with Crippen LogP contribution < -0.4 is 10.6 Å². The molecule has 0 radical (unpaired) electrons. The number of hydrogen-bond acceptors (Lipinski definition) is 3. The third kappa shape index (κ3) is 2.23. The number of hydrogen-bond donors (Lipinski definition) is 1. The molecule has 3 rings (SSSR count). The van der Waals surface area contributed by atoms with Crippen molar-refractivity contribution in [2.24, 2.45) is 0 Å². The van der Waals surface area contributed by atoms with Crippen molar-refractivity contribution in [2.45, 2.75) is 19.3 Å². The normalized spacial score (nSPS) is 14.6. The summed E-state index contributed by atoms with van der Waals surface area (Å²) in [5, 5.41) is 2.15. The molecule has 0 saturated heterocycles. The van der Waals surface area contributed by atoms with Crippen molar-refractivity contribution in [1.29, 1.82) is 0 Å². The quantitative estimate of drug-likeness (QED) is 0.856. The molecule has 94 valence electrons. The highest BCUT2D eigenvalue weighted by Crippen LogP contribution is 2.31. The van der Waals surface area contributed by atoms with Gasteiger partial charge in [0.1, 0.15) is 0 Å². The Morgan fingerprint density at radius 3 is 3.00 bits per heavy atom. The summed E-state index contributed by atoms with van der Waals surface area (Å²) < 4.78 is 0. The summed E-state index contributed by atoms with van der Waals surface area (Å²) >= 11 is 1.84. The van der Waals surface area contributed by atoms with Crippen LogP contribution >= 0.6 is 11.3 Å². The fourth-order valence-electron chi connectivity index (χ4n) is 2.66. The molecule has 0 unspecified atom stereocenters. The standard InChI is InChI=1S/C15H18N2S/c16-14-6-1-7-15-13(14)5-2-9-17(15)10-8-12-4-3-11-18-12/h1,3-4,6-7,11H,2,5,8-10,16H2. The van der Waals surface area contributed by atoms with Crippen LogP contribution in [0.5, 0.6) is 0 Å². The van der Waals surface area contributed by atoms with E-state index in [9.17, 15) is 0 Å². The predicted molar refractivity (Wildman–Crippen MR) is 79.4 cm³/mol. The number of anilines is 2. The van der Waals surface area contributed by atoms with Gasteiger partial charge in [0, 0.05) is 29.3 Å². The van der Waals surface area contributed by atoms with Crippen molar-refractivity contribution in [1.82, 2.24) is 0 Å². The minimum Gasteiger partial charge on any atom is -0.398 e. The highest BCUT2D eigenvalue weighted by Gasteiger charge is 2.18. The minimum atomic E-state index is 0.952. The van der Waals surface area contributed by atoms with E-state index in [4.69, 9.17) is 5.73 Å². The highest BCUT2D eigenvalue weighted by molar-refractivity contribution is 7.09. The molecule has 0 atom stereocenters. The van der Waals surface area contributed by atoms with Crippen LogP contribution in [0, 0.1) is 0 Å². The number of nitrogens with two attached hydrogens (primary N) is 1. The summed E-state index contributed by atoms with van der Waals surface area (Å²) in [4.78, 5) is 3.94. The van der Waals surface area contributed by atoms with Crippen LogP contribution in [0.2, 0.25) is 0 Å². The SMILES string of the molecule is Nc1cccc2c1CCCN2CCc1cccs1. The lowest BCUT2D eigenvalue weighted by molar-refractivity contribution is 0.691. The van der Waals surface area contributed by atoms with E-state index >= 15 is 0 Å². The Balaban J connectivity index is 1.77. The van der Waals surface area contributed by atoms with E-state index in [0.29, 0.717) is 0 Å². The van der Waals surface area contributed by atoms with Crippen LogP contribution in [0.1, 0.15) is 16.9 Å². The topological polar surface area (TPSA) is 29.3 Å². The minimum absolute atomic E-state index is 0.952. The smallest absolute Gasteiger partial charge is 0.0419 e. The van der Waals surface area contributed by atoms with Crippen LogP contribution in [-0.4, -0.2) is 13.1 Å². The first kappa shape index (κ1) is 11.6. The Morgan fingerprint density at radius 1 is 1.22 bits per heavy atom. The second kappa shape index (κ2) is 5.02. The van der Waals surface area contributed by atoms with Gasteiger partial charge in [0.25, 0.3) is 0 Å². The lowest BCUT2D eigenvalue weighted by atomic mass is 10.00. The van der Waals surface area contributed by atoms with Gasteiger partial charge in [-0.25, -0.2) is 0 Å². The first-order valence-electron chi connectivity index (χ1n) is 6.49. The molecule has 2 aromatic rings. The average molecular weight is 258 g/mol. The number of rotatable bonds is 3. The molecule has 0 spiro atoms. The molecule has 1 aromatic carbocycles. The largest absolute Gasteiger partial charge is 0.398 e. The fraction of sp³-hybridized carbons (Fsp3) is 0.333. The molecule has 2 nitrogen and oxygen atoms in total. The van der Waals surface area contributed by atoms with E-state index in [1.165, 1.54) is 22.5 Å². The van der Waals surface area contributed by atoms with Gasteiger partial charge in [-0.2, -0.15) is 0 Å². The molecule has 1 aliphatic heterocycles. The van der Waals surface area contributed by atoms with Gasteiger partial charge in [-0.15, -0.1) is 11.3 Å². The number of fused-ring (bicyclic) bond motifs is 1.